The first-order chi connectivity index (χ1) is 14.5. The fraction of sp³-hybridized carbons (Fsp3) is 0.318. The van der Waals surface area contributed by atoms with E-state index < -0.39 is 5.91 Å². The average molecular weight is 412 g/mol. The molecule has 0 aliphatic carbocycles. The minimum absolute atomic E-state index is 0.185. The lowest BCUT2D eigenvalue weighted by Crippen LogP contribution is -2.36. The van der Waals surface area contributed by atoms with E-state index >= 15 is 0 Å². The molecule has 0 unspecified atom stereocenters. The van der Waals surface area contributed by atoms with Crippen LogP contribution < -0.4 is 26.4 Å². The van der Waals surface area contributed by atoms with Crippen LogP contribution in [0.1, 0.15) is 35.3 Å². The first-order valence-electron chi connectivity index (χ1n) is 9.91. The predicted octanol–water partition coefficient (Wildman–Crippen LogP) is 1.56. The highest BCUT2D eigenvalue weighted by Crippen LogP contribution is 2.17. The van der Waals surface area contributed by atoms with Crippen molar-refractivity contribution in [3.63, 3.8) is 0 Å². The molecule has 2 rings (SSSR count). The lowest BCUT2D eigenvalue weighted by molar-refractivity contribution is -0.117. The van der Waals surface area contributed by atoms with Crippen molar-refractivity contribution in [3.8, 4) is 5.75 Å². The molecule has 2 aromatic carbocycles. The van der Waals surface area contributed by atoms with E-state index in [9.17, 15) is 9.59 Å². The number of nitrogens with two attached hydrogens (primary N) is 1. The Kier molecular flexibility index (Phi) is 9.18. The number of nitrogens with one attached hydrogen (secondary N) is 3. The van der Waals surface area contributed by atoms with Crippen LogP contribution in [0.15, 0.2) is 53.5 Å². The summed E-state index contributed by atoms with van der Waals surface area (Å²) >= 11 is 0. The van der Waals surface area contributed by atoms with E-state index in [1.54, 1.807) is 12.1 Å². The number of carbonyl (C=O) groups is 2. The maximum absolute atomic E-state index is 11.9. The monoisotopic (exact) mass is 411 g/mol. The van der Waals surface area contributed by atoms with E-state index in [4.69, 9.17) is 10.5 Å². The molecule has 8 nitrogen and oxygen atoms in total. The largest absolute Gasteiger partial charge is 0.494 e. The van der Waals surface area contributed by atoms with Gasteiger partial charge in [-0.3, -0.25) is 9.59 Å². The number of nitrogens with zero attached hydrogens (tertiary/aromatic N) is 1. The standard InChI is InChI=1S/C22H29N5O3/c1-3-24-22(27-14-18-7-5-6-8-19(18)30-4-2)26-13-16-9-11-17(12-10-16)21(29)25-15-20(23)28/h5-12H,3-4,13-15H2,1-2H3,(H2,23,28)(H,25,29)(H2,24,26,27). The third kappa shape index (κ3) is 7.46. The number of para-hydroxylation sites is 1. The Hall–Kier alpha value is -3.55. The van der Waals surface area contributed by atoms with E-state index in [0.717, 1.165) is 23.4 Å². The Bertz CT molecular complexity index is 865. The summed E-state index contributed by atoms with van der Waals surface area (Å²) in [6, 6.07) is 14.9. The zero-order chi connectivity index (χ0) is 21.8. The van der Waals surface area contributed by atoms with Gasteiger partial charge in [0.2, 0.25) is 5.91 Å². The van der Waals surface area contributed by atoms with Crippen LogP contribution in [0.2, 0.25) is 0 Å². The average Bonchev–Trinajstić information content (AvgIpc) is 2.75. The van der Waals surface area contributed by atoms with E-state index in [2.05, 4.69) is 20.9 Å². The summed E-state index contributed by atoms with van der Waals surface area (Å²) in [6.07, 6.45) is 0. The third-order valence-corrected chi connectivity index (χ3v) is 4.12. The van der Waals surface area contributed by atoms with Crippen molar-refractivity contribution in [2.45, 2.75) is 26.9 Å². The fourth-order valence-corrected chi connectivity index (χ4v) is 2.67. The number of carbonyl (C=O) groups excluding carboxylic acids is 2. The smallest absolute Gasteiger partial charge is 0.251 e. The summed E-state index contributed by atoms with van der Waals surface area (Å²) in [4.78, 5) is 27.3. The normalized spacial score (nSPS) is 10.9. The van der Waals surface area contributed by atoms with Crippen LogP contribution in [0.4, 0.5) is 0 Å². The fourth-order valence-electron chi connectivity index (χ4n) is 2.67. The first-order valence-corrected chi connectivity index (χ1v) is 9.91. The summed E-state index contributed by atoms with van der Waals surface area (Å²) in [7, 11) is 0. The van der Waals surface area contributed by atoms with Gasteiger partial charge in [0.1, 0.15) is 5.75 Å². The van der Waals surface area contributed by atoms with Gasteiger partial charge in [0.15, 0.2) is 5.96 Å². The molecule has 0 saturated carbocycles. The summed E-state index contributed by atoms with van der Waals surface area (Å²) in [5.41, 5.74) is 7.50. The van der Waals surface area contributed by atoms with E-state index in [-0.39, 0.29) is 12.5 Å². The second-order valence-electron chi connectivity index (χ2n) is 6.44. The molecule has 0 heterocycles. The van der Waals surface area contributed by atoms with Crippen LogP contribution in [-0.2, 0) is 17.9 Å². The molecular weight excluding hydrogens is 382 g/mol. The van der Waals surface area contributed by atoms with Crippen molar-refractivity contribution in [3.05, 3.63) is 65.2 Å². The molecule has 30 heavy (non-hydrogen) atoms. The van der Waals surface area contributed by atoms with Crippen LogP contribution >= 0.6 is 0 Å². The summed E-state index contributed by atoms with van der Waals surface area (Å²) in [6.45, 7) is 6.16. The van der Waals surface area contributed by atoms with Gasteiger partial charge in [0.05, 0.1) is 19.7 Å². The highest BCUT2D eigenvalue weighted by atomic mass is 16.5. The molecule has 8 heteroatoms. The van der Waals surface area contributed by atoms with Crippen molar-refractivity contribution < 1.29 is 14.3 Å². The molecule has 0 aliphatic rings. The molecular formula is C22H29N5O3. The number of aliphatic imine (C=N–C) groups is 1. The van der Waals surface area contributed by atoms with Crippen molar-refractivity contribution in [2.24, 2.45) is 10.7 Å². The van der Waals surface area contributed by atoms with Crippen molar-refractivity contribution in [1.82, 2.24) is 16.0 Å². The molecule has 0 atom stereocenters. The van der Waals surface area contributed by atoms with Gasteiger partial charge in [-0.2, -0.15) is 0 Å². The molecule has 0 radical (unpaired) electrons. The first kappa shape index (κ1) is 22.7. The van der Waals surface area contributed by atoms with Gasteiger partial charge < -0.3 is 26.4 Å². The van der Waals surface area contributed by atoms with Gasteiger partial charge in [-0.1, -0.05) is 30.3 Å². The van der Waals surface area contributed by atoms with E-state index in [1.807, 2.05) is 50.2 Å². The van der Waals surface area contributed by atoms with Crippen molar-refractivity contribution in [2.75, 3.05) is 19.7 Å². The second-order valence-corrected chi connectivity index (χ2v) is 6.44. The molecule has 0 saturated heterocycles. The van der Waals surface area contributed by atoms with Crippen LogP contribution in [0.5, 0.6) is 5.75 Å². The number of ether oxygens (including phenoxy) is 1. The Balaban J connectivity index is 1.97. The van der Waals surface area contributed by atoms with Crippen LogP contribution in [0.25, 0.3) is 0 Å². The SMILES string of the molecule is CCNC(=NCc1ccc(C(=O)NCC(N)=O)cc1)NCc1ccccc1OCC. The quantitative estimate of drug-likeness (QED) is 0.350. The Morgan fingerprint density at radius 3 is 2.40 bits per heavy atom. The number of benzene rings is 2. The van der Waals surface area contributed by atoms with E-state index in [1.165, 1.54) is 0 Å². The molecule has 0 bridgehead atoms. The molecule has 0 spiro atoms. The van der Waals surface area contributed by atoms with Crippen molar-refractivity contribution in [1.29, 1.82) is 0 Å². The highest BCUT2D eigenvalue weighted by Gasteiger charge is 2.07. The molecule has 0 fully saturated rings. The molecule has 0 aromatic heterocycles. The highest BCUT2D eigenvalue weighted by molar-refractivity contribution is 5.96. The van der Waals surface area contributed by atoms with E-state index in [0.29, 0.717) is 31.2 Å². The van der Waals surface area contributed by atoms with Gasteiger partial charge in [-0.05, 0) is 37.6 Å². The lowest BCUT2D eigenvalue weighted by atomic mass is 10.1. The molecule has 5 N–H and O–H groups in total. The Morgan fingerprint density at radius 1 is 1.00 bits per heavy atom. The number of hydrogen-bond acceptors (Lipinski definition) is 4. The number of primary amides is 1. The van der Waals surface area contributed by atoms with Gasteiger partial charge in [0, 0.05) is 24.2 Å². The molecule has 2 amide bonds. The Labute approximate surface area is 176 Å². The number of guanidine groups is 1. The maximum Gasteiger partial charge on any atom is 0.251 e. The van der Waals surface area contributed by atoms with Gasteiger partial charge in [0.25, 0.3) is 5.91 Å². The second kappa shape index (κ2) is 12.1. The molecule has 0 aliphatic heterocycles. The lowest BCUT2D eigenvalue weighted by Gasteiger charge is -2.14. The summed E-state index contributed by atoms with van der Waals surface area (Å²) in [5.74, 6) is 0.620. The van der Waals surface area contributed by atoms with Crippen LogP contribution in [-0.4, -0.2) is 37.5 Å². The number of amides is 2. The summed E-state index contributed by atoms with van der Waals surface area (Å²) in [5, 5.41) is 8.99. The molecule has 160 valence electrons. The maximum atomic E-state index is 11.9. The third-order valence-electron chi connectivity index (χ3n) is 4.12. The van der Waals surface area contributed by atoms with Crippen molar-refractivity contribution >= 4 is 17.8 Å². The van der Waals surface area contributed by atoms with Crippen LogP contribution in [0, 0.1) is 0 Å². The van der Waals surface area contributed by atoms with Crippen LogP contribution in [0.3, 0.4) is 0 Å². The number of rotatable bonds is 10. The predicted molar refractivity (Wildman–Crippen MR) is 117 cm³/mol. The minimum atomic E-state index is -0.582. The zero-order valence-electron chi connectivity index (χ0n) is 17.4. The number of hydrogen-bond donors (Lipinski definition) is 4. The van der Waals surface area contributed by atoms with Gasteiger partial charge >= 0.3 is 0 Å². The Morgan fingerprint density at radius 2 is 1.73 bits per heavy atom. The molecule has 2 aromatic rings. The topological polar surface area (TPSA) is 118 Å². The minimum Gasteiger partial charge on any atom is -0.494 e. The summed E-state index contributed by atoms with van der Waals surface area (Å²) < 4.78 is 5.66. The van der Waals surface area contributed by atoms with Gasteiger partial charge in [-0.15, -0.1) is 0 Å². The van der Waals surface area contributed by atoms with Gasteiger partial charge in [-0.25, -0.2) is 4.99 Å². The zero-order valence-corrected chi connectivity index (χ0v) is 17.4.